The molecular weight excluding hydrogens is 303 g/mol. The quantitative estimate of drug-likeness (QED) is 0.792. The van der Waals surface area contributed by atoms with Crippen molar-refractivity contribution in [1.82, 2.24) is 5.43 Å². The Balaban J connectivity index is 2.08. The Bertz CT molecular complexity index is 640. The number of hydrogen-bond acceptors (Lipinski definition) is 4. The van der Waals surface area contributed by atoms with Crippen molar-refractivity contribution in [2.45, 2.75) is 25.1 Å². The van der Waals surface area contributed by atoms with Gasteiger partial charge in [-0.15, -0.1) is 0 Å². The fraction of sp³-hybridized carbons (Fsp3) is 0.308. The number of nitrogens with zero attached hydrogens (tertiary/aromatic N) is 1. The van der Waals surface area contributed by atoms with Gasteiger partial charge in [-0.1, -0.05) is 12.1 Å². The van der Waals surface area contributed by atoms with E-state index in [-0.39, 0.29) is 12.1 Å². The number of carboxylic acid groups (broad SMARTS) is 1. The first-order valence-electron chi connectivity index (χ1n) is 6.17. The van der Waals surface area contributed by atoms with E-state index in [1.165, 1.54) is 31.2 Å². The predicted molar refractivity (Wildman–Crippen MR) is 71.5 cm³/mol. The van der Waals surface area contributed by atoms with Gasteiger partial charge in [0, 0.05) is 12.1 Å². The largest absolute Gasteiger partial charge is 0.479 e. The van der Waals surface area contributed by atoms with Crippen LogP contribution < -0.4 is 10.7 Å². The molecule has 0 saturated heterocycles. The van der Waals surface area contributed by atoms with Crippen molar-refractivity contribution in [3.05, 3.63) is 29.8 Å². The molecule has 1 atom stereocenters. The molecule has 1 aliphatic heterocycles. The monoisotopic (exact) mass is 315 g/mol. The third-order valence-electron chi connectivity index (χ3n) is 3.16. The number of aliphatic carboxylic acids is 1. The van der Waals surface area contributed by atoms with Gasteiger partial charge < -0.3 is 10.4 Å². The van der Waals surface area contributed by atoms with Crippen molar-refractivity contribution < 1.29 is 27.9 Å². The van der Waals surface area contributed by atoms with E-state index in [1.807, 2.05) is 0 Å². The van der Waals surface area contributed by atoms with Gasteiger partial charge in [0.05, 0.1) is 5.71 Å². The lowest BCUT2D eigenvalue weighted by Gasteiger charge is -2.17. The molecule has 3 N–H and O–H groups in total. The molecule has 1 aliphatic rings. The van der Waals surface area contributed by atoms with Gasteiger partial charge in [0.15, 0.2) is 5.54 Å². The fourth-order valence-corrected chi connectivity index (χ4v) is 1.84. The number of nitrogens with one attached hydrogen (secondary N) is 2. The van der Waals surface area contributed by atoms with Crippen molar-refractivity contribution in [3.63, 3.8) is 0 Å². The van der Waals surface area contributed by atoms with E-state index >= 15 is 0 Å². The summed E-state index contributed by atoms with van der Waals surface area (Å²) in [5.74, 6) is -3.11. The summed E-state index contributed by atoms with van der Waals surface area (Å²) in [6.45, 7) is 1.48. The number of amides is 1. The maximum absolute atomic E-state index is 12.1. The number of carbonyl (C=O) groups excluding carboxylic acids is 1. The molecule has 1 aromatic carbocycles. The zero-order valence-electron chi connectivity index (χ0n) is 11.4. The highest BCUT2D eigenvalue weighted by Gasteiger charge is 2.39. The molecule has 6 nitrogen and oxygen atoms in total. The van der Waals surface area contributed by atoms with E-state index in [0.717, 1.165) is 0 Å². The first kappa shape index (κ1) is 15.8. The minimum absolute atomic E-state index is 0.0152. The number of benzene rings is 1. The van der Waals surface area contributed by atoms with E-state index in [1.54, 1.807) is 5.32 Å². The van der Waals surface area contributed by atoms with Crippen LogP contribution in [0.15, 0.2) is 29.4 Å². The summed E-state index contributed by atoms with van der Waals surface area (Å²) in [5, 5.41) is 14.7. The number of hydrazone groups is 1. The van der Waals surface area contributed by atoms with E-state index in [2.05, 4.69) is 10.5 Å². The number of alkyl halides is 3. The van der Waals surface area contributed by atoms with Gasteiger partial charge in [-0.3, -0.25) is 10.2 Å². The van der Waals surface area contributed by atoms with Crippen LogP contribution >= 0.6 is 0 Å². The molecule has 2 rings (SSSR count). The number of halogens is 3. The van der Waals surface area contributed by atoms with E-state index < -0.39 is 23.6 Å². The lowest BCUT2D eigenvalue weighted by molar-refractivity contribution is -0.167. The molecule has 9 heteroatoms. The van der Waals surface area contributed by atoms with Gasteiger partial charge >= 0.3 is 18.1 Å². The average Bonchev–Trinajstić information content (AvgIpc) is 2.82. The van der Waals surface area contributed by atoms with Crippen LogP contribution in [0.5, 0.6) is 0 Å². The fourth-order valence-electron chi connectivity index (χ4n) is 1.84. The molecule has 0 aromatic heterocycles. The highest BCUT2D eigenvalue weighted by molar-refractivity contribution is 6.05. The van der Waals surface area contributed by atoms with Crippen molar-refractivity contribution in [2.75, 3.05) is 5.32 Å². The standard InChI is InChI=1S/C13H12F3N3O3/c1-12(11(21)22)6-9(18-19-12)7-2-4-8(5-3-7)17-10(20)13(14,15)16/h2-5,19H,6H2,1H3,(H,17,20)(H,21,22). The second-order valence-corrected chi connectivity index (χ2v) is 5.01. The van der Waals surface area contributed by atoms with Crippen molar-refractivity contribution in [2.24, 2.45) is 5.10 Å². The van der Waals surface area contributed by atoms with Gasteiger partial charge in [0.1, 0.15) is 0 Å². The normalized spacial score (nSPS) is 21.0. The second-order valence-electron chi connectivity index (χ2n) is 5.01. The zero-order valence-corrected chi connectivity index (χ0v) is 11.4. The first-order valence-corrected chi connectivity index (χ1v) is 6.17. The topological polar surface area (TPSA) is 90.8 Å². The third-order valence-corrected chi connectivity index (χ3v) is 3.16. The van der Waals surface area contributed by atoms with Crippen molar-refractivity contribution in [1.29, 1.82) is 0 Å². The first-order chi connectivity index (χ1) is 10.1. The maximum atomic E-state index is 12.1. The smallest absolute Gasteiger partial charge is 0.471 e. The average molecular weight is 315 g/mol. The highest BCUT2D eigenvalue weighted by atomic mass is 19.4. The molecular formula is C13H12F3N3O3. The molecule has 22 heavy (non-hydrogen) atoms. The Morgan fingerprint density at radius 3 is 2.36 bits per heavy atom. The number of hydrogen-bond donors (Lipinski definition) is 3. The van der Waals surface area contributed by atoms with E-state index in [9.17, 15) is 22.8 Å². The number of anilines is 1. The van der Waals surface area contributed by atoms with Gasteiger partial charge in [-0.05, 0) is 24.6 Å². The molecule has 0 spiro atoms. The zero-order chi connectivity index (χ0) is 16.5. The van der Waals surface area contributed by atoms with Crippen LogP contribution in [0.3, 0.4) is 0 Å². The lowest BCUT2D eigenvalue weighted by Crippen LogP contribution is -2.44. The van der Waals surface area contributed by atoms with Crippen LogP contribution in [0.4, 0.5) is 18.9 Å². The predicted octanol–water partition coefficient (Wildman–Crippen LogP) is 1.73. The molecule has 0 radical (unpaired) electrons. The lowest BCUT2D eigenvalue weighted by atomic mass is 9.94. The van der Waals surface area contributed by atoms with Gasteiger partial charge in [-0.25, -0.2) is 4.79 Å². The van der Waals surface area contributed by atoms with Crippen LogP contribution in [-0.2, 0) is 9.59 Å². The number of carbonyl (C=O) groups is 2. The van der Waals surface area contributed by atoms with Crippen LogP contribution in [0.25, 0.3) is 0 Å². The Morgan fingerprint density at radius 2 is 1.91 bits per heavy atom. The third kappa shape index (κ3) is 3.18. The summed E-state index contributed by atoms with van der Waals surface area (Å²) in [6.07, 6.45) is -4.82. The highest BCUT2D eigenvalue weighted by Crippen LogP contribution is 2.23. The van der Waals surface area contributed by atoms with E-state index in [4.69, 9.17) is 5.11 Å². The summed E-state index contributed by atoms with van der Waals surface area (Å²) in [4.78, 5) is 21.9. The molecule has 118 valence electrons. The molecule has 1 unspecified atom stereocenters. The summed E-state index contributed by atoms with van der Waals surface area (Å²) >= 11 is 0. The number of rotatable bonds is 3. The molecule has 1 heterocycles. The molecule has 0 fully saturated rings. The second kappa shape index (κ2) is 5.32. The maximum Gasteiger partial charge on any atom is 0.471 e. The van der Waals surface area contributed by atoms with Crippen LogP contribution in [0.2, 0.25) is 0 Å². The molecule has 0 bridgehead atoms. The van der Waals surface area contributed by atoms with Crippen molar-refractivity contribution in [3.8, 4) is 0 Å². The molecule has 0 aliphatic carbocycles. The minimum Gasteiger partial charge on any atom is -0.479 e. The minimum atomic E-state index is -4.96. The van der Waals surface area contributed by atoms with Gasteiger partial charge in [0.2, 0.25) is 0 Å². The summed E-state index contributed by atoms with van der Waals surface area (Å²) in [5.41, 5.74) is 2.32. The number of carboxylic acids is 1. The van der Waals surface area contributed by atoms with Gasteiger partial charge in [0.25, 0.3) is 0 Å². The van der Waals surface area contributed by atoms with Gasteiger partial charge in [-0.2, -0.15) is 18.3 Å². The van der Waals surface area contributed by atoms with Crippen molar-refractivity contribution >= 4 is 23.3 Å². The van der Waals surface area contributed by atoms with E-state index in [0.29, 0.717) is 11.3 Å². The SMILES string of the molecule is CC1(C(=O)O)CC(c2ccc(NC(=O)C(F)(F)F)cc2)=NN1. The molecule has 1 amide bonds. The molecule has 1 aromatic rings. The van der Waals surface area contributed by atoms with Crippen LogP contribution in [0.1, 0.15) is 18.9 Å². The van der Waals surface area contributed by atoms with Crippen LogP contribution in [0, 0.1) is 0 Å². The Kier molecular flexibility index (Phi) is 3.82. The van der Waals surface area contributed by atoms with Crippen LogP contribution in [-0.4, -0.2) is 34.4 Å². The molecule has 0 saturated carbocycles. The summed E-state index contributed by atoms with van der Waals surface area (Å²) < 4.78 is 36.4. The Hall–Kier alpha value is -2.58. The Morgan fingerprint density at radius 1 is 1.32 bits per heavy atom. The summed E-state index contributed by atoms with van der Waals surface area (Å²) in [7, 11) is 0. The summed E-state index contributed by atoms with van der Waals surface area (Å²) in [6, 6.07) is 5.50. The Labute approximate surface area is 123 Å².